The van der Waals surface area contributed by atoms with Gasteiger partial charge in [-0.15, -0.1) is 0 Å². The summed E-state index contributed by atoms with van der Waals surface area (Å²) >= 11 is 1.64. The summed E-state index contributed by atoms with van der Waals surface area (Å²) < 4.78 is 349. The summed E-state index contributed by atoms with van der Waals surface area (Å²) in [4.78, 5) is 0. The number of halogens is 24. The number of hydrogen-bond acceptors (Lipinski definition) is 2. The van der Waals surface area contributed by atoms with Crippen LogP contribution in [0, 0.1) is 0 Å². The molecule has 0 fully saturated rings. The number of hydrogen-bond donors (Lipinski definition) is 0. The molecule has 0 N–H and O–H groups in total. The SMILES string of the molecule is CC(C)Oc1scc[n+]1Cc1ccccc1.FC(F)(F)c1cc([B-](c2cc(C(F)(F)F)cc(C(F)(F)F)c2)(c2cc(C(F)(F)F)cc(C(F)(F)F)c2)c2cc(C(F)(F)F)cc(C(F)(F)F)c2)cc(C(F)(F)F)c1. The zero-order valence-corrected chi connectivity index (χ0v) is 37.0. The predicted octanol–water partition coefficient (Wildman–Crippen LogP) is 14.1. The summed E-state index contributed by atoms with van der Waals surface area (Å²) in [5, 5.41) is 3.03. The average Bonchev–Trinajstić information content (AvgIpc) is 3.66. The van der Waals surface area contributed by atoms with Crippen LogP contribution in [0.3, 0.4) is 0 Å². The molecule has 0 amide bonds. The molecule has 73 heavy (non-hydrogen) atoms. The largest absolute Gasteiger partial charge is 0.433 e. The fourth-order valence-electron chi connectivity index (χ4n) is 7.56. The van der Waals surface area contributed by atoms with Gasteiger partial charge in [-0.05, 0) is 49.4 Å². The quantitative estimate of drug-likeness (QED) is 0.0841. The van der Waals surface area contributed by atoms with Gasteiger partial charge < -0.3 is 4.74 Å². The summed E-state index contributed by atoms with van der Waals surface area (Å²) in [5.41, 5.74) is -28.9. The number of nitrogens with zero attached hydrogens (tertiary/aromatic N) is 1. The highest BCUT2D eigenvalue weighted by molar-refractivity contribution is 7.20. The van der Waals surface area contributed by atoms with Gasteiger partial charge >= 0.3 is 54.6 Å². The first kappa shape index (κ1) is 57.8. The van der Waals surface area contributed by atoms with Crippen molar-refractivity contribution in [3.63, 3.8) is 0 Å². The van der Waals surface area contributed by atoms with Crippen molar-refractivity contribution in [1.82, 2.24) is 0 Å². The van der Waals surface area contributed by atoms with Gasteiger partial charge in [-0.3, -0.25) is 0 Å². The molecule has 0 unspecified atom stereocenters. The Kier molecular flexibility index (Phi) is 15.8. The van der Waals surface area contributed by atoms with Crippen molar-refractivity contribution in [3.05, 3.63) is 165 Å². The molecule has 0 aliphatic carbocycles. The van der Waals surface area contributed by atoms with Crippen molar-refractivity contribution in [3.8, 4) is 5.19 Å². The van der Waals surface area contributed by atoms with E-state index in [4.69, 9.17) is 4.74 Å². The van der Waals surface area contributed by atoms with E-state index in [0.29, 0.717) is 0 Å². The number of benzene rings is 5. The Morgan fingerprint density at radius 1 is 0.397 bits per heavy atom. The molecule has 0 spiro atoms. The van der Waals surface area contributed by atoms with Crippen molar-refractivity contribution < 1.29 is 115 Å². The highest BCUT2D eigenvalue weighted by atomic mass is 32.1. The Labute approximate surface area is 399 Å². The van der Waals surface area contributed by atoms with E-state index in [2.05, 4.69) is 40.4 Å². The van der Waals surface area contributed by atoms with E-state index < -0.39 is 195 Å². The third kappa shape index (κ3) is 13.8. The molecule has 28 heteroatoms. The third-order valence-electron chi connectivity index (χ3n) is 10.6. The topological polar surface area (TPSA) is 13.1 Å². The Bertz CT molecular complexity index is 2450. The molecule has 5 aromatic carbocycles. The molecular formula is C45H28BF24NOS. The van der Waals surface area contributed by atoms with Gasteiger partial charge in [-0.2, -0.15) is 132 Å². The second kappa shape index (κ2) is 20.0. The lowest BCUT2D eigenvalue weighted by Gasteiger charge is -2.46. The molecule has 1 heterocycles. The summed E-state index contributed by atoms with van der Waals surface area (Å²) in [6.07, 6.45) is -52.5. The number of aromatic nitrogens is 1. The molecule has 396 valence electrons. The summed E-state index contributed by atoms with van der Waals surface area (Å²) in [6.45, 7) is 4.96. The monoisotopic (exact) mass is 1100 g/mol. The van der Waals surface area contributed by atoms with Crippen LogP contribution in [0.15, 0.2) is 115 Å². The van der Waals surface area contributed by atoms with Gasteiger partial charge in [-0.1, -0.05) is 78.9 Å². The molecular weight excluding hydrogens is 1070 g/mol. The molecule has 0 atom stereocenters. The van der Waals surface area contributed by atoms with E-state index in [9.17, 15) is 105 Å². The molecule has 0 radical (unpaired) electrons. The van der Waals surface area contributed by atoms with Crippen LogP contribution in [0.4, 0.5) is 105 Å². The zero-order valence-electron chi connectivity index (χ0n) is 36.2. The van der Waals surface area contributed by atoms with Gasteiger partial charge in [0.25, 0.3) is 0 Å². The molecule has 2 nitrogen and oxygen atoms in total. The lowest BCUT2D eigenvalue weighted by molar-refractivity contribution is -0.689. The van der Waals surface area contributed by atoms with Crippen molar-refractivity contribution in [2.75, 3.05) is 0 Å². The molecule has 0 aliphatic rings. The van der Waals surface area contributed by atoms with Gasteiger partial charge in [0.2, 0.25) is 0 Å². The molecule has 0 saturated carbocycles. The lowest BCUT2D eigenvalue weighted by atomic mass is 9.12. The normalized spacial score (nSPS) is 13.5. The van der Waals surface area contributed by atoms with E-state index in [0.717, 1.165) is 11.7 Å². The van der Waals surface area contributed by atoms with Gasteiger partial charge in [0, 0.05) is 5.56 Å². The average molecular weight is 1100 g/mol. The maximum atomic E-state index is 14.2. The van der Waals surface area contributed by atoms with E-state index in [1.54, 1.807) is 11.3 Å². The Morgan fingerprint density at radius 2 is 0.644 bits per heavy atom. The Hall–Kier alpha value is -6.09. The predicted molar refractivity (Wildman–Crippen MR) is 216 cm³/mol. The van der Waals surface area contributed by atoms with Crippen molar-refractivity contribution >= 4 is 39.3 Å². The summed E-state index contributed by atoms with van der Waals surface area (Å²) in [6, 6.07) is 1.60. The van der Waals surface area contributed by atoms with Crippen LogP contribution in [0.25, 0.3) is 0 Å². The van der Waals surface area contributed by atoms with Gasteiger partial charge in [0.1, 0.15) is 12.2 Å². The first-order valence-corrected chi connectivity index (χ1v) is 20.9. The minimum absolute atomic E-state index is 0.223. The number of rotatable bonds is 8. The maximum Gasteiger partial charge on any atom is 0.430 e. The van der Waals surface area contributed by atoms with Crippen molar-refractivity contribution in [2.45, 2.75) is 75.9 Å². The minimum atomic E-state index is -6.13. The van der Waals surface area contributed by atoms with Crippen LogP contribution >= 0.6 is 11.3 Å². The van der Waals surface area contributed by atoms with Crippen molar-refractivity contribution in [1.29, 1.82) is 0 Å². The molecule has 6 rings (SSSR count). The lowest BCUT2D eigenvalue weighted by Crippen LogP contribution is -2.75. The highest BCUT2D eigenvalue weighted by Crippen LogP contribution is 2.41. The van der Waals surface area contributed by atoms with Crippen LogP contribution in [0.5, 0.6) is 5.19 Å². The maximum absolute atomic E-state index is 14.2. The second-order valence-electron chi connectivity index (χ2n) is 16.2. The second-order valence-corrected chi connectivity index (χ2v) is 17.0. The third-order valence-corrected chi connectivity index (χ3v) is 11.4. The fraction of sp³-hybridized carbons (Fsp3) is 0.267. The van der Waals surface area contributed by atoms with Crippen LogP contribution in [-0.2, 0) is 56.0 Å². The first-order chi connectivity index (χ1) is 33.0. The van der Waals surface area contributed by atoms with Crippen molar-refractivity contribution in [2.24, 2.45) is 0 Å². The van der Waals surface area contributed by atoms with E-state index in [1.807, 2.05) is 19.9 Å². The molecule has 6 aromatic rings. The molecule has 0 bridgehead atoms. The van der Waals surface area contributed by atoms with Crippen LogP contribution < -0.4 is 31.2 Å². The van der Waals surface area contributed by atoms with Crippen LogP contribution in [0.2, 0.25) is 0 Å². The highest BCUT2D eigenvalue weighted by Gasteiger charge is 2.47. The summed E-state index contributed by atoms with van der Waals surface area (Å²) in [7, 11) is 0. The standard InChI is InChI=1S/C32H12BF24.C13H16NOS/c34-25(35,36)13-1-14(26(37,38)39)6-21(5-13)33(22-7-15(27(40,41)42)2-16(8-22)28(43,44)45,23-9-17(29(46,47)48)3-18(10-23)30(49,50)51)24-11-19(31(52,53)54)4-20(12-24)32(55,56)57;1-11(2)15-13-14(8-9-16-13)10-12-6-4-3-5-7-12/h1-12H;3-9,11H,10H2,1-2H3/q-1;+1. The van der Waals surface area contributed by atoms with Gasteiger partial charge in [0.15, 0.2) is 12.7 Å². The zero-order chi connectivity index (χ0) is 55.3. The molecule has 0 saturated heterocycles. The number of ether oxygens (including phenoxy) is 1. The van der Waals surface area contributed by atoms with E-state index in [1.165, 1.54) is 5.56 Å². The Balaban J connectivity index is 0.000000520. The summed E-state index contributed by atoms with van der Waals surface area (Å²) in [5.74, 6) is 0. The van der Waals surface area contributed by atoms with E-state index in [-0.39, 0.29) is 6.10 Å². The number of thiazole rings is 1. The minimum Gasteiger partial charge on any atom is -0.433 e. The molecule has 1 aromatic heterocycles. The van der Waals surface area contributed by atoms with Gasteiger partial charge in [0.05, 0.1) is 49.9 Å². The number of alkyl halides is 24. The smallest absolute Gasteiger partial charge is 0.430 e. The first-order valence-electron chi connectivity index (χ1n) is 20.0. The molecule has 0 aliphatic heterocycles. The van der Waals surface area contributed by atoms with Crippen LogP contribution in [-0.4, -0.2) is 12.2 Å². The fourth-order valence-corrected chi connectivity index (χ4v) is 8.39. The van der Waals surface area contributed by atoms with Gasteiger partial charge in [-0.25, -0.2) is 0 Å². The Morgan fingerprint density at radius 3 is 0.863 bits per heavy atom. The van der Waals surface area contributed by atoms with E-state index >= 15 is 0 Å². The van der Waals surface area contributed by atoms with Crippen LogP contribution in [0.1, 0.15) is 63.9 Å².